The molecule has 1 saturated carbocycles. The maximum Gasteiger partial charge on any atom is 0.244 e. The van der Waals surface area contributed by atoms with Crippen molar-refractivity contribution < 1.29 is 18.8 Å². The lowest BCUT2D eigenvalue weighted by molar-refractivity contribution is -0.142. The molecule has 2 atom stereocenters. The molecule has 1 aliphatic heterocycles. The molecule has 1 saturated heterocycles. The third kappa shape index (κ3) is 3.08. The Morgan fingerprint density at radius 1 is 1.22 bits per heavy atom. The fraction of sp³-hybridized carbons (Fsp3) is 0.438. The maximum atomic E-state index is 13.1. The summed E-state index contributed by atoms with van der Waals surface area (Å²) in [5, 5.41) is 2.41. The zero-order valence-corrected chi connectivity index (χ0v) is 13.1. The first kappa shape index (κ1) is 15.9. The lowest BCUT2D eigenvalue weighted by Crippen LogP contribution is -2.38. The number of fused-ring (bicyclic) bond motifs is 1. The molecule has 23 heavy (non-hydrogen) atoms. The second-order valence-electron chi connectivity index (χ2n) is 5.94. The second-order valence-corrected chi connectivity index (χ2v) is 6.34. The molecule has 122 valence electrons. The fourth-order valence-electron chi connectivity index (χ4n) is 3.30. The van der Waals surface area contributed by atoms with Crippen LogP contribution in [0.3, 0.4) is 0 Å². The molecule has 3 rings (SSSR count). The van der Waals surface area contributed by atoms with E-state index in [-0.39, 0.29) is 35.2 Å². The van der Waals surface area contributed by atoms with Crippen molar-refractivity contribution in [3.63, 3.8) is 0 Å². The van der Waals surface area contributed by atoms with E-state index in [9.17, 15) is 18.8 Å². The zero-order valence-electron chi connectivity index (χ0n) is 12.4. The summed E-state index contributed by atoms with van der Waals surface area (Å²) in [6.07, 6.45) is 3.30. The summed E-state index contributed by atoms with van der Waals surface area (Å²) >= 11 is 5.65. The number of nitrogens with zero attached hydrogens (tertiary/aromatic N) is 1. The van der Waals surface area contributed by atoms with Gasteiger partial charge in [0.2, 0.25) is 17.7 Å². The van der Waals surface area contributed by atoms with Gasteiger partial charge in [0, 0.05) is 5.69 Å². The summed E-state index contributed by atoms with van der Waals surface area (Å²) in [6.45, 7) is -0.320. The number of anilines is 1. The van der Waals surface area contributed by atoms with Crippen LogP contribution in [-0.4, -0.2) is 29.2 Å². The average Bonchev–Trinajstić information content (AvgIpc) is 2.76. The molecule has 1 N–H and O–H groups in total. The van der Waals surface area contributed by atoms with Crippen molar-refractivity contribution in [1.29, 1.82) is 0 Å². The molecule has 3 amide bonds. The lowest BCUT2D eigenvalue weighted by atomic mass is 9.81. The van der Waals surface area contributed by atoms with Gasteiger partial charge in [0.15, 0.2) is 0 Å². The summed E-state index contributed by atoms with van der Waals surface area (Å²) in [5.41, 5.74) is 0.318. The lowest BCUT2D eigenvalue weighted by Gasteiger charge is -2.19. The molecular formula is C16H16ClFN2O3. The number of hydrogen-bond acceptors (Lipinski definition) is 3. The van der Waals surface area contributed by atoms with E-state index in [1.165, 1.54) is 12.1 Å². The van der Waals surface area contributed by atoms with Gasteiger partial charge >= 0.3 is 0 Å². The highest BCUT2D eigenvalue weighted by Gasteiger charge is 2.48. The number of rotatable bonds is 3. The number of halogens is 2. The van der Waals surface area contributed by atoms with Crippen LogP contribution >= 0.6 is 11.6 Å². The quantitative estimate of drug-likeness (QED) is 0.861. The normalized spacial score (nSPS) is 23.8. The number of benzene rings is 1. The van der Waals surface area contributed by atoms with Crippen LogP contribution in [0.4, 0.5) is 10.1 Å². The van der Waals surface area contributed by atoms with Gasteiger partial charge in [0.1, 0.15) is 12.4 Å². The zero-order chi connectivity index (χ0) is 16.6. The van der Waals surface area contributed by atoms with Crippen LogP contribution in [-0.2, 0) is 14.4 Å². The Balaban J connectivity index is 1.66. The molecule has 1 aromatic rings. The van der Waals surface area contributed by atoms with E-state index in [4.69, 9.17) is 11.6 Å². The van der Waals surface area contributed by atoms with Gasteiger partial charge in [-0.05, 0) is 31.0 Å². The van der Waals surface area contributed by atoms with Crippen molar-refractivity contribution in [2.24, 2.45) is 11.8 Å². The molecule has 0 aromatic heterocycles. The largest absolute Gasteiger partial charge is 0.324 e. The Bertz CT molecular complexity index is 655. The van der Waals surface area contributed by atoms with E-state index in [0.29, 0.717) is 18.5 Å². The summed E-state index contributed by atoms with van der Waals surface area (Å²) in [5.74, 6) is -2.15. The Morgan fingerprint density at radius 3 is 2.39 bits per heavy atom. The maximum absolute atomic E-state index is 13.1. The SMILES string of the molecule is O=C(CN1C(=O)C2CCCCC2C1=O)Nc1ccc(F)c(Cl)c1. The van der Waals surface area contributed by atoms with Crippen molar-refractivity contribution in [2.45, 2.75) is 25.7 Å². The van der Waals surface area contributed by atoms with Crippen LogP contribution in [0.25, 0.3) is 0 Å². The van der Waals surface area contributed by atoms with E-state index in [1.54, 1.807) is 0 Å². The van der Waals surface area contributed by atoms with Gasteiger partial charge in [0.05, 0.1) is 16.9 Å². The van der Waals surface area contributed by atoms with E-state index in [0.717, 1.165) is 23.8 Å². The highest BCUT2D eigenvalue weighted by Crippen LogP contribution is 2.37. The van der Waals surface area contributed by atoms with Gasteiger partial charge in [-0.1, -0.05) is 24.4 Å². The van der Waals surface area contributed by atoms with Crippen molar-refractivity contribution in [2.75, 3.05) is 11.9 Å². The number of carbonyl (C=O) groups excluding carboxylic acids is 3. The molecule has 7 heteroatoms. The number of carbonyl (C=O) groups is 3. The predicted octanol–water partition coefficient (Wildman–Crippen LogP) is 2.59. The molecule has 0 radical (unpaired) electrons. The number of hydrogen-bond donors (Lipinski definition) is 1. The molecule has 5 nitrogen and oxygen atoms in total. The minimum Gasteiger partial charge on any atom is -0.324 e. The summed E-state index contributed by atoms with van der Waals surface area (Å²) in [6, 6.07) is 3.79. The minimum atomic E-state index is -0.585. The van der Waals surface area contributed by atoms with Crippen LogP contribution < -0.4 is 5.32 Å². The summed E-state index contributed by atoms with van der Waals surface area (Å²) < 4.78 is 13.1. The van der Waals surface area contributed by atoms with E-state index in [2.05, 4.69) is 5.32 Å². The van der Waals surface area contributed by atoms with Gasteiger partial charge in [-0.25, -0.2) is 4.39 Å². The van der Waals surface area contributed by atoms with Crippen LogP contribution in [0, 0.1) is 17.7 Å². The van der Waals surface area contributed by atoms with Crippen LogP contribution in [0.2, 0.25) is 5.02 Å². The van der Waals surface area contributed by atoms with Crippen molar-refractivity contribution in [3.8, 4) is 0 Å². The van der Waals surface area contributed by atoms with Gasteiger partial charge in [0.25, 0.3) is 0 Å². The van der Waals surface area contributed by atoms with Crippen LogP contribution in [0.15, 0.2) is 18.2 Å². The molecule has 1 heterocycles. The van der Waals surface area contributed by atoms with Crippen molar-refractivity contribution in [1.82, 2.24) is 4.90 Å². The van der Waals surface area contributed by atoms with Gasteiger partial charge in [-0.2, -0.15) is 0 Å². The average molecular weight is 339 g/mol. The Labute approximate surface area is 137 Å². The molecule has 2 aliphatic rings. The van der Waals surface area contributed by atoms with Crippen LogP contribution in [0.1, 0.15) is 25.7 Å². The predicted molar refractivity (Wildman–Crippen MR) is 82.2 cm³/mol. The van der Waals surface area contributed by atoms with E-state index >= 15 is 0 Å². The Morgan fingerprint density at radius 2 is 1.83 bits per heavy atom. The Kier molecular flexibility index (Phi) is 4.35. The third-order valence-corrected chi connectivity index (χ3v) is 4.73. The van der Waals surface area contributed by atoms with Crippen LogP contribution in [0.5, 0.6) is 0 Å². The first-order valence-electron chi connectivity index (χ1n) is 7.57. The smallest absolute Gasteiger partial charge is 0.244 e. The summed E-state index contributed by atoms with van der Waals surface area (Å²) in [7, 11) is 0. The van der Waals surface area contributed by atoms with E-state index in [1.807, 2.05) is 0 Å². The first-order chi connectivity index (χ1) is 11.0. The van der Waals surface area contributed by atoms with Gasteiger partial charge in [-0.15, -0.1) is 0 Å². The highest BCUT2D eigenvalue weighted by atomic mass is 35.5. The third-order valence-electron chi connectivity index (χ3n) is 4.44. The molecule has 1 aromatic carbocycles. The van der Waals surface area contributed by atoms with Crippen molar-refractivity contribution >= 4 is 35.0 Å². The number of nitrogens with one attached hydrogen (secondary N) is 1. The fourth-order valence-corrected chi connectivity index (χ4v) is 3.49. The topological polar surface area (TPSA) is 66.5 Å². The number of imide groups is 1. The monoisotopic (exact) mass is 338 g/mol. The Hall–Kier alpha value is -1.95. The second kappa shape index (κ2) is 6.28. The van der Waals surface area contributed by atoms with E-state index < -0.39 is 11.7 Å². The van der Waals surface area contributed by atoms with Gasteiger partial charge < -0.3 is 5.32 Å². The highest BCUT2D eigenvalue weighted by molar-refractivity contribution is 6.31. The summed E-state index contributed by atoms with van der Waals surface area (Å²) in [4.78, 5) is 37.7. The molecule has 0 spiro atoms. The number of amides is 3. The molecule has 1 aliphatic carbocycles. The standard InChI is InChI=1S/C16H16ClFN2O3/c17-12-7-9(5-6-13(12)18)19-14(21)8-20-15(22)10-3-1-2-4-11(10)16(20)23/h5-7,10-11H,1-4,8H2,(H,19,21). The first-order valence-corrected chi connectivity index (χ1v) is 7.95. The molecule has 2 fully saturated rings. The molecular weight excluding hydrogens is 323 g/mol. The van der Waals surface area contributed by atoms with Gasteiger partial charge in [-0.3, -0.25) is 19.3 Å². The van der Waals surface area contributed by atoms with Crippen molar-refractivity contribution in [3.05, 3.63) is 29.0 Å². The number of likely N-dealkylation sites (tertiary alicyclic amines) is 1. The molecule has 0 bridgehead atoms. The minimum absolute atomic E-state index is 0.109. The molecule has 2 unspecified atom stereocenters.